The van der Waals surface area contributed by atoms with Gasteiger partial charge in [-0.3, -0.25) is 16.2 Å². The second-order valence-electron chi connectivity index (χ2n) is 6.17. The quantitative estimate of drug-likeness (QED) is 0.543. The molecule has 0 aromatic heterocycles. The molecule has 0 radical (unpaired) electrons. The van der Waals surface area contributed by atoms with Crippen LogP contribution < -0.4 is 11.3 Å². The Labute approximate surface area is 113 Å². The maximum absolute atomic E-state index is 5.90. The number of rotatable bonds is 7. The van der Waals surface area contributed by atoms with Gasteiger partial charge in [0.05, 0.1) is 0 Å². The van der Waals surface area contributed by atoms with Gasteiger partial charge in [-0.2, -0.15) is 0 Å². The zero-order chi connectivity index (χ0) is 13.6. The van der Waals surface area contributed by atoms with Crippen LogP contribution in [-0.4, -0.2) is 29.6 Å². The van der Waals surface area contributed by atoms with Crippen LogP contribution in [0.1, 0.15) is 66.2 Å². The van der Waals surface area contributed by atoms with Crippen LogP contribution >= 0.6 is 0 Å². The lowest BCUT2D eigenvalue weighted by atomic mass is 9.78. The van der Waals surface area contributed by atoms with E-state index in [9.17, 15) is 0 Å². The van der Waals surface area contributed by atoms with Gasteiger partial charge in [-0.1, -0.05) is 33.6 Å². The van der Waals surface area contributed by atoms with E-state index in [0.29, 0.717) is 12.0 Å². The van der Waals surface area contributed by atoms with Gasteiger partial charge in [-0.05, 0) is 51.6 Å². The summed E-state index contributed by atoms with van der Waals surface area (Å²) in [5.41, 5.74) is 3.33. The predicted octanol–water partition coefficient (Wildman–Crippen LogP) is 2.91. The van der Waals surface area contributed by atoms with Crippen LogP contribution in [0, 0.1) is 5.92 Å². The van der Waals surface area contributed by atoms with Crippen LogP contribution in [0.3, 0.4) is 0 Å². The first-order chi connectivity index (χ1) is 8.60. The zero-order valence-corrected chi connectivity index (χ0v) is 12.8. The van der Waals surface area contributed by atoms with Crippen molar-refractivity contribution in [3.8, 4) is 0 Å². The standard InChI is InChI=1S/C15H33N3/c1-5-10-13(3)14(17-16)15(4,6-2)18-11-8-7-9-12-18/h13-14,17H,5-12,16H2,1-4H3. The van der Waals surface area contributed by atoms with E-state index in [4.69, 9.17) is 5.84 Å². The van der Waals surface area contributed by atoms with Crippen molar-refractivity contribution in [2.24, 2.45) is 11.8 Å². The lowest BCUT2D eigenvalue weighted by Crippen LogP contribution is -2.64. The van der Waals surface area contributed by atoms with Gasteiger partial charge in [-0.25, -0.2) is 0 Å². The number of hydrogen-bond donors (Lipinski definition) is 2. The third kappa shape index (κ3) is 3.46. The second-order valence-corrected chi connectivity index (χ2v) is 6.17. The minimum absolute atomic E-state index is 0.198. The largest absolute Gasteiger partial charge is 0.296 e. The van der Waals surface area contributed by atoms with Gasteiger partial charge in [0.1, 0.15) is 0 Å². The van der Waals surface area contributed by atoms with Crippen LogP contribution in [0.2, 0.25) is 0 Å². The first-order valence-electron chi connectivity index (χ1n) is 7.81. The van der Waals surface area contributed by atoms with E-state index in [1.54, 1.807) is 0 Å². The summed E-state index contributed by atoms with van der Waals surface area (Å²) in [5.74, 6) is 6.53. The highest BCUT2D eigenvalue weighted by molar-refractivity contribution is 4.98. The number of likely N-dealkylation sites (tertiary alicyclic amines) is 1. The lowest BCUT2D eigenvalue weighted by Gasteiger charge is -2.49. The Morgan fingerprint density at radius 3 is 2.28 bits per heavy atom. The highest BCUT2D eigenvalue weighted by atomic mass is 15.3. The van der Waals surface area contributed by atoms with Crippen LogP contribution in [0.4, 0.5) is 0 Å². The maximum Gasteiger partial charge on any atom is 0.0417 e. The average Bonchev–Trinajstić information content (AvgIpc) is 2.40. The molecule has 3 unspecified atom stereocenters. The fraction of sp³-hybridized carbons (Fsp3) is 1.00. The lowest BCUT2D eigenvalue weighted by molar-refractivity contribution is 0.0240. The Balaban J connectivity index is 2.80. The van der Waals surface area contributed by atoms with Gasteiger partial charge in [-0.15, -0.1) is 0 Å². The van der Waals surface area contributed by atoms with Crippen LogP contribution in [-0.2, 0) is 0 Å². The molecule has 18 heavy (non-hydrogen) atoms. The Kier molecular flexibility index (Phi) is 6.61. The number of piperidine rings is 1. The van der Waals surface area contributed by atoms with E-state index < -0.39 is 0 Å². The Hall–Kier alpha value is -0.120. The molecule has 0 amide bonds. The molecule has 1 rings (SSSR count). The summed E-state index contributed by atoms with van der Waals surface area (Å²) in [7, 11) is 0. The summed E-state index contributed by atoms with van der Waals surface area (Å²) in [6, 6.07) is 0.389. The van der Waals surface area contributed by atoms with E-state index in [0.717, 1.165) is 6.42 Å². The molecular weight excluding hydrogens is 222 g/mol. The highest BCUT2D eigenvalue weighted by Gasteiger charge is 2.40. The number of nitrogens with zero attached hydrogens (tertiary/aromatic N) is 1. The Morgan fingerprint density at radius 1 is 1.22 bits per heavy atom. The van der Waals surface area contributed by atoms with Crippen LogP contribution in [0.25, 0.3) is 0 Å². The molecule has 108 valence electrons. The monoisotopic (exact) mass is 255 g/mol. The SMILES string of the molecule is CCCC(C)C(NN)C(C)(CC)N1CCCCC1. The van der Waals surface area contributed by atoms with E-state index in [-0.39, 0.29) is 5.54 Å². The second kappa shape index (κ2) is 7.46. The normalized spacial score (nSPS) is 24.5. The molecule has 3 N–H and O–H groups in total. The van der Waals surface area contributed by atoms with Crippen molar-refractivity contribution in [3.05, 3.63) is 0 Å². The van der Waals surface area contributed by atoms with Crippen molar-refractivity contribution in [2.75, 3.05) is 13.1 Å². The Morgan fingerprint density at radius 2 is 1.83 bits per heavy atom. The molecule has 1 aliphatic heterocycles. The molecule has 1 heterocycles. The van der Waals surface area contributed by atoms with Crippen molar-refractivity contribution >= 4 is 0 Å². The fourth-order valence-corrected chi connectivity index (χ4v) is 3.62. The molecule has 1 saturated heterocycles. The smallest absolute Gasteiger partial charge is 0.0417 e. The van der Waals surface area contributed by atoms with Crippen molar-refractivity contribution in [3.63, 3.8) is 0 Å². The van der Waals surface area contributed by atoms with Crippen molar-refractivity contribution in [1.82, 2.24) is 10.3 Å². The van der Waals surface area contributed by atoms with Crippen LogP contribution in [0.15, 0.2) is 0 Å². The highest BCUT2D eigenvalue weighted by Crippen LogP contribution is 2.31. The van der Waals surface area contributed by atoms with E-state index >= 15 is 0 Å². The molecule has 3 nitrogen and oxygen atoms in total. The first kappa shape index (κ1) is 15.9. The number of hydrogen-bond acceptors (Lipinski definition) is 3. The number of hydrazine groups is 1. The molecule has 0 spiro atoms. The van der Waals surface area contributed by atoms with Gasteiger partial charge >= 0.3 is 0 Å². The topological polar surface area (TPSA) is 41.3 Å². The van der Waals surface area contributed by atoms with E-state index in [1.165, 1.54) is 45.2 Å². The molecule has 0 saturated carbocycles. The molecule has 3 atom stereocenters. The summed E-state index contributed by atoms with van der Waals surface area (Å²) in [6.07, 6.45) is 7.72. The number of nitrogens with one attached hydrogen (secondary N) is 1. The van der Waals surface area contributed by atoms with E-state index in [1.807, 2.05) is 0 Å². The van der Waals surface area contributed by atoms with Gasteiger partial charge in [0, 0.05) is 11.6 Å². The minimum atomic E-state index is 0.198. The summed E-state index contributed by atoms with van der Waals surface area (Å²) >= 11 is 0. The molecule has 0 aromatic carbocycles. The fourth-order valence-electron chi connectivity index (χ4n) is 3.62. The molecule has 3 heteroatoms. The zero-order valence-electron chi connectivity index (χ0n) is 12.8. The maximum atomic E-state index is 5.90. The molecule has 1 aliphatic rings. The molecule has 0 aromatic rings. The third-order valence-corrected chi connectivity index (χ3v) is 4.96. The van der Waals surface area contributed by atoms with Crippen molar-refractivity contribution < 1.29 is 0 Å². The average molecular weight is 255 g/mol. The molecule has 0 bridgehead atoms. The molecule has 0 aliphatic carbocycles. The van der Waals surface area contributed by atoms with Gasteiger partial charge < -0.3 is 0 Å². The van der Waals surface area contributed by atoms with Crippen molar-refractivity contribution in [1.29, 1.82) is 0 Å². The summed E-state index contributed by atoms with van der Waals surface area (Å²) < 4.78 is 0. The predicted molar refractivity (Wildman–Crippen MR) is 79.3 cm³/mol. The summed E-state index contributed by atoms with van der Waals surface area (Å²) in [6.45, 7) is 11.8. The first-order valence-corrected chi connectivity index (χ1v) is 7.81. The molecular formula is C15H33N3. The van der Waals surface area contributed by atoms with Crippen molar-refractivity contribution in [2.45, 2.75) is 77.8 Å². The summed E-state index contributed by atoms with van der Waals surface area (Å²) in [4.78, 5) is 2.67. The molecule has 1 fully saturated rings. The summed E-state index contributed by atoms with van der Waals surface area (Å²) in [5, 5.41) is 0. The Bertz CT molecular complexity index is 226. The van der Waals surface area contributed by atoms with E-state index in [2.05, 4.69) is 38.0 Å². The number of nitrogens with two attached hydrogens (primary N) is 1. The van der Waals surface area contributed by atoms with Gasteiger partial charge in [0.2, 0.25) is 0 Å². The van der Waals surface area contributed by atoms with Crippen LogP contribution in [0.5, 0.6) is 0 Å². The third-order valence-electron chi connectivity index (χ3n) is 4.96. The van der Waals surface area contributed by atoms with Gasteiger partial charge in [0.25, 0.3) is 0 Å². The minimum Gasteiger partial charge on any atom is -0.296 e. The van der Waals surface area contributed by atoms with Gasteiger partial charge in [0.15, 0.2) is 0 Å².